The number of alkyl halides is 3. The number of aromatic nitrogens is 1. The van der Waals surface area contributed by atoms with Crippen LogP contribution in [0.1, 0.15) is 23.1 Å². The predicted molar refractivity (Wildman–Crippen MR) is 107 cm³/mol. The van der Waals surface area contributed by atoms with Crippen molar-refractivity contribution in [3.8, 4) is 11.9 Å². The third-order valence-corrected chi connectivity index (χ3v) is 5.16. The van der Waals surface area contributed by atoms with E-state index in [9.17, 15) is 28.3 Å². The minimum Gasteiger partial charge on any atom is -0.481 e. The highest BCUT2D eigenvalue weighted by Crippen LogP contribution is 2.39. The number of halogens is 3. The van der Waals surface area contributed by atoms with Crippen LogP contribution < -0.4 is 14.5 Å². The molecule has 2 unspecified atom stereocenters. The quantitative estimate of drug-likeness (QED) is 0.796. The van der Waals surface area contributed by atoms with Crippen molar-refractivity contribution in [2.75, 3.05) is 30.5 Å². The standard InChI is InChI=1S/C21H21F3N4O3/c1-12-5-4-6-13(7-12)27(2)20(30)17-8-14(29)11-28(17)19-15(10-25)16(21(22,23)24)9-18(26-19)31-3/h4-7,9,14,17,29H,8,11H2,1-3H3. The molecule has 1 aromatic heterocycles. The molecule has 0 radical (unpaired) electrons. The second-order valence-electron chi connectivity index (χ2n) is 7.31. The van der Waals surface area contributed by atoms with Crippen molar-refractivity contribution in [1.29, 1.82) is 5.26 Å². The Bertz CT molecular complexity index is 1040. The number of rotatable bonds is 4. The van der Waals surface area contributed by atoms with Crippen LogP contribution in [0.25, 0.3) is 0 Å². The number of aliphatic hydroxyl groups excluding tert-OH is 1. The molecule has 1 N–H and O–H groups in total. The molecule has 0 spiro atoms. The molecule has 1 aliphatic rings. The van der Waals surface area contributed by atoms with E-state index in [0.717, 1.165) is 12.7 Å². The summed E-state index contributed by atoms with van der Waals surface area (Å²) in [6.45, 7) is 1.72. The second-order valence-corrected chi connectivity index (χ2v) is 7.31. The fourth-order valence-electron chi connectivity index (χ4n) is 3.62. The average Bonchev–Trinajstić information content (AvgIpc) is 3.12. The summed E-state index contributed by atoms with van der Waals surface area (Å²) in [5.74, 6) is -1.13. The van der Waals surface area contributed by atoms with Crippen molar-refractivity contribution in [2.24, 2.45) is 0 Å². The monoisotopic (exact) mass is 434 g/mol. The van der Waals surface area contributed by atoms with E-state index < -0.39 is 35.4 Å². The van der Waals surface area contributed by atoms with E-state index in [-0.39, 0.29) is 24.7 Å². The van der Waals surface area contributed by atoms with Crippen LogP contribution in [0.3, 0.4) is 0 Å². The first-order valence-corrected chi connectivity index (χ1v) is 9.42. The lowest BCUT2D eigenvalue weighted by molar-refractivity contribution is -0.137. The molecule has 7 nitrogen and oxygen atoms in total. The molecule has 2 heterocycles. The summed E-state index contributed by atoms with van der Waals surface area (Å²) in [5.41, 5.74) is -0.409. The summed E-state index contributed by atoms with van der Waals surface area (Å²) in [6, 6.07) is 8.36. The van der Waals surface area contributed by atoms with Crippen LogP contribution in [0.4, 0.5) is 24.7 Å². The predicted octanol–water partition coefficient (Wildman–Crippen LogP) is 2.89. The lowest BCUT2D eigenvalue weighted by Gasteiger charge is -2.30. The first kappa shape index (κ1) is 22.4. The Morgan fingerprint density at radius 2 is 2.10 bits per heavy atom. The van der Waals surface area contributed by atoms with Crippen LogP contribution in [0.5, 0.6) is 5.88 Å². The van der Waals surface area contributed by atoms with Crippen molar-refractivity contribution in [2.45, 2.75) is 31.7 Å². The van der Waals surface area contributed by atoms with Crippen molar-refractivity contribution >= 4 is 17.4 Å². The number of β-amino-alcohol motifs (C(OH)–C–C–N with tert-alkyl or cyclic N) is 1. The first-order chi connectivity index (χ1) is 14.6. The number of benzene rings is 1. The Hall–Kier alpha value is -3.32. The number of methoxy groups -OCH3 is 1. The van der Waals surface area contributed by atoms with E-state index in [2.05, 4.69) is 4.98 Å². The summed E-state index contributed by atoms with van der Waals surface area (Å²) in [4.78, 5) is 19.9. The van der Waals surface area contributed by atoms with Gasteiger partial charge in [-0.3, -0.25) is 4.79 Å². The van der Waals surface area contributed by atoms with E-state index in [1.165, 1.54) is 9.80 Å². The largest absolute Gasteiger partial charge is 0.481 e. The lowest BCUT2D eigenvalue weighted by Crippen LogP contribution is -2.45. The van der Waals surface area contributed by atoms with E-state index in [1.54, 1.807) is 31.3 Å². The van der Waals surface area contributed by atoms with Crippen LogP contribution in [-0.4, -0.2) is 48.8 Å². The van der Waals surface area contributed by atoms with Crippen molar-refractivity contribution in [3.63, 3.8) is 0 Å². The third kappa shape index (κ3) is 4.41. The molecule has 0 bridgehead atoms. The lowest BCUT2D eigenvalue weighted by atomic mass is 10.1. The number of carbonyl (C=O) groups excluding carboxylic acids is 1. The highest BCUT2D eigenvalue weighted by molar-refractivity contribution is 5.99. The van der Waals surface area contributed by atoms with Crippen molar-refractivity contribution < 1.29 is 27.8 Å². The van der Waals surface area contributed by atoms with Crippen LogP contribution in [0, 0.1) is 18.3 Å². The molecular formula is C21H21F3N4O3. The third-order valence-electron chi connectivity index (χ3n) is 5.16. The van der Waals surface area contributed by atoms with E-state index >= 15 is 0 Å². The number of pyridine rings is 1. The number of amides is 1. The highest BCUT2D eigenvalue weighted by atomic mass is 19.4. The Kier molecular flexibility index (Phi) is 6.08. The van der Waals surface area contributed by atoms with Gasteiger partial charge in [-0.25, -0.2) is 0 Å². The molecule has 1 saturated heterocycles. The zero-order chi connectivity index (χ0) is 22.9. The Morgan fingerprint density at radius 3 is 2.68 bits per heavy atom. The Labute approximate surface area is 177 Å². The van der Waals surface area contributed by atoms with Crippen LogP contribution in [-0.2, 0) is 11.0 Å². The van der Waals surface area contributed by atoms with Crippen molar-refractivity contribution in [3.05, 3.63) is 47.0 Å². The maximum atomic E-state index is 13.6. The van der Waals surface area contributed by atoms with Gasteiger partial charge in [-0.05, 0) is 24.6 Å². The molecule has 10 heteroatoms. The number of aryl methyl sites for hydroxylation is 1. The number of hydrogen-bond donors (Lipinski definition) is 1. The van der Waals surface area contributed by atoms with Crippen LogP contribution >= 0.6 is 0 Å². The number of aliphatic hydroxyl groups is 1. The van der Waals surface area contributed by atoms with Gasteiger partial charge in [0.25, 0.3) is 0 Å². The summed E-state index contributed by atoms with van der Waals surface area (Å²) in [6.07, 6.45) is -5.82. The minimum atomic E-state index is -4.83. The van der Waals surface area contributed by atoms with Gasteiger partial charge in [0.1, 0.15) is 17.7 Å². The van der Waals surface area contributed by atoms with E-state index in [0.29, 0.717) is 11.8 Å². The zero-order valence-electron chi connectivity index (χ0n) is 17.1. The molecular weight excluding hydrogens is 413 g/mol. The van der Waals surface area contributed by atoms with Gasteiger partial charge in [-0.1, -0.05) is 12.1 Å². The molecule has 1 fully saturated rings. The molecule has 0 saturated carbocycles. The van der Waals surface area contributed by atoms with E-state index in [4.69, 9.17) is 4.74 Å². The molecule has 0 aliphatic carbocycles. The van der Waals surface area contributed by atoms with E-state index in [1.807, 2.05) is 13.0 Å². The molecule has 2 aromatic rings. The Morgan fingerprint density at radius 1 is 1.39 bits per heavy atom. The van der Waals surface area contributed by atoms with Crippen LogP contribution in [0.15, 0.2) is 30.3 Å². The summed E-state index contributed by atoms with van der Waals surface area (Å²) in [5, 5.41) is 19.7. The first-order valence-electron chi connectivity index (χ1n) is 9.42. The topological polar surface area (TPSA) is 89.7 Å². The van der Waals surface area contributed by atoms with Gasteiger partial charge in [0.05, 0.1) is 18.8 Å². The number of ether oxygens (including phenoxy) is 1. The minimum absolute atomic E-state index is 0.0138. The Balaban J connectivity index is 2.07. The zero-order valence-corrected chi connectivity index (χ0v) is 17.1. The van der Waals surface area contributed by atoms with Gasteiger partial charge in [-0.15, -0.1) is 0 Å². The normalized spacial score (nSPS) is 18.6. The SMILES string of the molecule is COc1cc(C(F)(F)F)c(C#N)c(N2CC(O)CC2C(=O)N(C)c2cccc(C)c2)n1. The smallest absolute Gasteiger partial charge is 0.418 e. The molecule has 3 rings (SSSR count). The number of anilines is 2. The highest BCUT2D eigenvalue weighted by Gasteiger charge is 2.43. The molecule has 1 aromatic carbocycles. The second kappa shape index (κ2) is 8.43. The van der Waals surface area contributed by atoms with Gasteiger partial charge in [-0.2, -0.15) is 23.4 Å². The number of nitriles is 1. The fraction of sp³-hybridized carbons (Fsp3) is 0.381. The van der Waals surface area contributed by atoms with Gasteiger partial charge >= 0.3 is 6.18 Å². The molecule has 31 heavy (non-hydrogen) atoms. The molecule has 1 amide bonds. The van der Waals surface area contributed by atoms with Crippen LogP contribution in [0.2, 0.25) is 0 Å². The van der Waals surface area contributed by atoms with Gasteiger partial charge < -0.3 is 19.6 Å². The fourth-order valence-corrected chi connectivity index (χ4v) is 3.62. The van der Waals surface area contributed by atoms with Gasteiger partial charge in [0.2, 0.25) is 11.8 Å². The van der Waals surface area contributed by atoms with Gasteiger partial charge in [0.15, 0.2) is 5.82 Å². The molecule has 1 aliphatic heterocycles. The molecule has 164 valence electrons. The maximum absolute atomic E-state index is 13.6. The average molecular weight is 434 g/mol. The number of likely N-dealkylation sites (N-methyl/N-ethyl adjacent to an activating group) is 1. The van der Waals surface area contributed by atoms with Gasteiger partial charge in [0, 0.05) is 31.8 Å². The maximum Gasteiger partial charge on any atom is 0.418 e. The number of carbonyl (C=O) groups is 1. The number of hydrogen-bond acceptors (Lipinski definition) is 6. The number of nitrogens with zero attached hydrogens (tertiary/aromatic N) is 4. The summed E-state index contributed by atoms with van der Waals surface area (Å²) < 4.78 is 45.6. The molecule has 2 atom stereocenters. The summed E-state index contributed by atoms with van der Waals surface area (Å²) in [7, 11) is 2.70. The summed E-state index contributed by atoms with van der Waals surface area (Å²) >= 11 is 0. The van der Waals surface area contributed by atoms with Crippen molar-refractivity contribution in [1.82, 2.24) is 4.98 Å².